The minimum Gasteiger partial charge on any atom is -0.481 e. The van der Waals surface area contributed by atoms with Gasteiger partial charge in [0, 0.05) is 19.6 Å². The molecule has 100 valence electrons. The third-order valence-electron chi connectivity index (χ3n) is 3.96. The van der Waals surface area contributed by atoms with Crippen LogP contribution in [0.15, 0.2) is 11.6 Å². The molecule has 0 spiro atoms. The summed E-state index contributed by atoms with van der Waals surface area (Å²) < 4.78 is 0. The number of amides is 2. The smallest absolute Gasteiger partial charge is 0.317 e. The van der Waals surface area contributed by atoms with Crippen molar-refractivity contribution in [3.05, 3.63) is 11.6 Å². The molecule has 0 aromatic rings. The van der Waals surface area contributed by atoms with E-state index in [0.717, 1.165) is 12.8 Å². The van der Waals surface area contributed by atoms with Gasteiger partial charge in [0.2, 0.25) is 0 Å². The highest BCUT2D eigenvalue weighted by atomic mass is 16.4. The van der Waals surface area contributed by atoms with Crippen molar-refractivity contribution in [2.45, 2.75) is 32.6 Å². The lowest BCUT2D eigenvalue weighted by Crippen LogP contribution is -2.51. The molecule has 1 saturated carbocycles. The van der Waals surface area contributed by atoms with E-state index in [1.807, 2.05) is 6.92 Å². The van der Waals surface area contributed by atoms with Crippen LogP contribution in [0, 0.1) is 5.41 Å². The van der Waals surface area contributed by atoms with E-state index in [1.165, 1.54) is 5.57 Å². The van der Waals surface area contributed by atoms with E-state index in [-0.39, 0.29) is 12.6 Å². The Morgan fingerprint density at radius 2 is 2.22 bits per heavy atom. The molecule has 1 fully saturated rings. The van der Waals surface area contributed by atoms with E-state index in [0.29, 0.717) is 25.9 Å². The minimum atomic E-state index is -0.788. The van der Waals surface area contributed by atoms with Crippen molar-refractivity contribution in [3.63, 3.8) is 0 Å². The van der Waals surface area contributed by atoms with E-state index in [2.05, 4.69) is 11.4 Å². The van der Waals surface area contributed by atoms with E-state index in [1.54, 1.807) is 4.90 Å². The lowest BCUT2D eigenvalue weighted by Gasteiger charge is -2.38. The summed E-state index contributed by atoms with van der Waals surface area (Å²) in [5.41, 5.74) is 0.476. The number of carbonyl (C=O) groups excluding carboxylic acids is 1. The molecule has 1 heterocycles. The Labute approximate surface area is 107 Å². The van der Waals surface area contributed by atoms with Gasteiger partial charge in [-0.1, -0.05) is 18.1 Å². The molecule has 2 aliphatic rings. The van der Waals surface area contributed by atoms with Crippen molar-refractivity contribution >= 4 is 12.0 Å². The Kier molecular flexibility index (Phi) is 3.59. The minimum absolute atomic E-state index is 0.144. The van der Waals surface area contributed by atoms with Crippen LogP contribution in [-0.4, -0.2) is 41.6 Å². The predicted molar refractivity (Wildman–Crippen MR) is 67.3 cm³/mol. The van der Waals surface area contributed by atoms with Crippen molar-refractivity contribution in [1.29, 1.82) is 0 Å². The normalized spacial score (nSPS) is 21.8. The molecule has 0 unspecified atom stereocenters. The molecular formula is C13H20N2O3. The molecule has 0 radical (unpaired) electrons. The average molecular weight is 252 g/mol. The Bertz CT molecular complexity index is 386. The molecule has 0 bridgehead atoms. The van der Waals surface area contributed by atoms with Crippen LogP contribution < -0.4 is 5.32 Å². The number of hydrogen-bond donors (Lipinski definition) is 2. The third kappa shape index (κ3) is 2.49. The van der Waals surface area contributed by atoms with Crippen molar-refractivity contribution < 1.29 is 14.7 Å². The van der Waals surface area contributed by atoms with Crippen molar-refractivity contribution in [2.24, 2.45) is 5.41 Å². The SMILES string of the molecule is CC1=CCCN(C(=O)NCC2(C(=O)O)CCC2)C1. The summed E-state index contributed by atoms with van der Waals surface area (Å²) in [6.45, 7) is 3.61. The number of nitrogens with one attached hydrogen (secondary N) is 1. The second-order valence-electron chi connectivity index (χ2n) is 5.36. The summed E-state index contributed by atoms with van der Waals surface area (Å²) in [5, 5.41) is 12.0. The van der Waals surface area contributed by atoms with Gasteiger partial charge in [0.1, 0.15) is 0 Å². The predicted octanol–water partition coefficient (Wildman–Crippen LogP) is 1.60. The number of carboxylic acids is 1. The monoisotopic (exact) mass is 252 g/mol. The molecular weight excluding hydrogens is 232 g/mol. The fraction of sp³-hybridized carbons (Fsp3) is 0.692. The van der Waals surface area contributed by atoms with Gasteiger partial charge in [0.25, 0.3) is 0 Å². The Morgan fingerprint density at radius 1 is 1.50 bits per heavy atom. The molecule has 2 N–H and O–H groups in total. The van der Waals surface area contributed by atoms with E-state index < -0.39 is 11.4 Å². The fourth-order valence-corrected chi connectivity index (χ4v) is 2.51. The molecule has 2 rings (SSSR count). The number of aliphatic carboxylic acids is 1. The van der Waals surface area contributed by atoms with Crippen LogP contribution in [0.3, 0.4) is 0 Å². The number of nitrogens with zero attached hydrogens (tertiary/aromatic N) is 1. The van der Waals surface area contributed by atoms with Gasteiger partial charge in [-0.05, 0) is 26.2 Å². The van der Waals surface area contributed by atoms with Crippen LogP contribution in [0.25, 0.3) is 0 Å². The van der Waals surface area contributed by atoms with Gasteiger partial charge in [0.15, 0.2) is 0 Å². The third-order valence-corrected chi connectivity index (χ3v) is 3.96. The Balaban J connectivity index is 1.85. The Hall–Kier alpha value is -1.52. The van der Waals surface area contributed by atoms with Crippen LogP contribution in [0.4, 0.5) is 4.79 Å². The zero-order chi connectivity index (χ0) is 13.2. The Morgan fingerprint density at radius 3 is 2.72 bits per heavy atom. The molecule has 18 heavy (non-hydrogen) atoms. The van der Waals surface area contributed by atoms with Gasteiger partial charge >= 0.3 is 12.0 Å². The quantitative estimate of drug-likeness (QED) is 0.750. The zero-order valence-electron chi connectivity index (χ0n) is 10.7. The van der Waals surface area contributed by atoms with Crippen LogP contribution in [0.1, 0.15) is 32.6 Å². The van der Waals surface area contributed by atoms with E-state index >= 15 is 0 Å². The second kappa shape index (κ2) is 5.00. The van der Waals surface area contributed by atoms with Gasteiger partial charge in [-0.15, -0.1) is 0 Å². The van der Waals surface area contributed by atoms with Crippen LogP contribution in [-0.2, 0) is 4.79 Å². The van der Waals surface area contributed by atoms with Crippen molar-refractivity contribution in [3.8, 4) is 0 Å². The van der Waals surface area contributed by atoms with Gasteiger partial charge in [0.05, 0.1) is 5.41 Å². The van der Waals surface area contributed by atoms with Crippen molar-refractivity contribution in [1.82, 2.24) is 10.2 Å². The van der Waals surface area contributed by atoms with Crippen LogP contribution in [0.5, 0.6) is 0 Å². The largest absolute Gasteiger partial charge is 0.481 e. The molecule has 0 saturated heterocycles. The number of urea groups is 1. The van der Waals surface area contributed by atoms with Gasteiger partial charge in [-0.25, -0.2) is 4.79 Å². The highest BCUT2D eigenvalue weighted by Gasteiger charge is 2.44. The van der Waals surface area contributed by atoms with E-state index in [4.69, 9.17) is 0 Å². The van der Waals surface area contributed by atoms with Crippen molar-refractivity contribution in [2.75, 3.05) is 19.6 Å². The lowest BCUT2D eigenvalue weighted by molar-refractivity contribution is -0.153. The maximum absolute atomic E-state index is 11.9. The first-order valence-corrected chi connectivity index (χ1v) is 6.45. The number of carboxylic acid groups (broad SMARTS) is 1. The summed E-state index contributed by atoms with van der Waals surface area (Å²) in [6.07, 6.45) is 5.29. The maximum Gasteiger partial charge on any atom is 0.317 e. The average Bonchev–Trinajstić information content (AvgIpc) is 2.26. The number of rotatable bonds is 3. The maximum atomic E-state index is 11.9. The standard InChI is InChI=1S/C13H20N2O3/c1-10-4-2-7-15(8-10)12(18)14-9-13(11(16)17)5-3-6-13/h4H,2-3,5-9H2,1H3,(H,14,18)(H,16,17). The summed E-state index contributed by atoms with van der Waals surface area (Å²) in [5.74, 6) is -0.788. The first-order chi connectivity index (χ1) is 8.53. The molecule has 0 atom stereocenters. The summed E-state index contributed by atoms with van der Waals surface area (Å²) >= 11 is 0. The number of carbonyl (C=O) groups is 2. The van der Waals surface area contributed by atoms with Crippen LogP contribution in [0.2, 0.25) is 0 Å². The van der Waals surface area contributed by atoms with Crippen LogP contribution >= 0.6 is 0 Å². The molecule has 0 aromatic carbocycles. The molecule has 0 aromatic heterocycles. The first-order valence-electron chi connectivity index (χ1n) is 6.45. The number of hydrogen-bond acceptors (Lipinski definition) is 2. The fourth-order valence-electron chi connectivity index (χ4n) is 2.51. The second-order valence-corrected chi connectivity index (χ2v) is 5.36. The summed E-state index contributed by atoms with van der Waals surface area (Å²) in [4.78, 5) is 24.9. The first kappa shape index (κ1) is 12.9. The summed E-state index contributed by atoms with van der Waals surface area (Å²) in [7, 11) is 0. The molecule has 1 aliphatic carbocycles. The topological polar surface area (TPSA) is 69.6 Å². The van der Waals surface area contributed by atoms with E-state index in [9.17, 15) is 14.7 Å². The molecule has 1 aliphatic heterocycles. The highest BCUT2D eigenvalue weighted by molar-refractivity contribution is 5.79. The zero-order valence-corrected chi connectivity index (χ0v) is 10.7. The molecule has 2 amide bonds. The van der Waals surface area contributed by atoms with Gasteiger partial charge < -0.3 is 15.3 Å². The molecule has 5 heteroatoms. The summed E-state index contributed by atoms with van der Waals surface area (Å²) in [6, 6.07) is -0.144. The van der Waals surface area contributed by atoms with Gasteiger partial charge in [-0.2, -0.15) is 0 Å². The lowest BCUT2D eigenvalue weighted by atomic mass is 9.69. The van der Waals surface area contributed by atoms with Gasteiger partial charge in [-0.3, -0.25) is 4.79 Å². The molecule has 5 nitrogen and oxygen atoms in total. The highest BCUT2D eigenvalue weighted by Crippen LogP contribution is 2.40.